The number of carbonyl (C=O) groups excluding carboxylic acids is 5. The number of hydrogen-bond acceptors (Lipinski definition) is 10. The van der Waals surface area contributed by atoms with Gasteiger partial charge in [-0.1, -0.05) is 30.4 Å². The number of primary amides is 1. The van der Waals surface area contributed by atoms with Crippen LogP contribution in [0.2, 0.25) is 0 Å². The molecule has 5 rings (SSSR count). The van der Waals surface area contributed by atoms with Gasteiger partial charge in [-0.05, 0) is 55.6 Å². The van der Waals surface area contributed by atoms with Crippen LogP contribution in [0, 0.1) is 33.8 Å². The molecule has 12 heteroatoms. The van der Waals surface area contributed by atoms with Crippen molar-refractivity contribution in [2.45, 2.75) is 24.5 Å². The Bertz CT molecular complexity index is 1580. The molecule has 12 nitrogen and oxygen atoms in total. The fourth-order valence-corrected chi connectivity index (χ4v) is 6.71. The van der Waals surface area contributed by atoms with Gasteiger partial charge < -0.3 is 15.9 Å². The average molecular weight is 562 g/mol. The van der Waals surface area contributed by atoms with Crippen molar-refractivity contribution in [1.82, 2.24) is 4.90 Å². The number of rotatable bonds is 5. The summed E-state index contributed by atoms with van der Waals surface area (Å²) in [5.74, 6) is -11.2. The van der Waals surface area contributed by atoms with Crippen LogP contribution in [0.4, 0.5) is 5.69 Å². The highest BCUT2D eigenvalue weighted by atomic mass is 16.6. The van der Waals surface area contributed by atoms with Gasteiger partial charge in [0.2, 0.25) is 5.91 Å². The summed E-state index contributed by atoms with van der Waals surface area (Å²) in [6.07, 6.45) is 3.30. The van der Waals surface area contributed by atoms with Gasteiger partial charge in [0.1, 0.15) is 5.75 Å². The van der Waals surface area contributed by atoms with E-state index in [1.807, 2.05) is 0 Å². The zero-order chi connectivity index (χ0) is 30.0. The molecular weight excluding hydrogens is 534 g/mol. The van der Waals surface area contributed by atoms with Crippen molar-refractivity contribution < 1.29 is 39.1 Å². The lowest BCUT2D eigenvalue weighted by molar-refractivity contribution is -0.384. The molecule has 3 aliphatic carbocycles. The number of phenols is 1. The Balaban J connectivity index is 1.58. The fraction of sp³-hybridized carbons (Fsp3) is 0.345. The van der Waals surface area contributed by atoms with Crippen LogP contribution in [-0.2, 0) is 25.6 Å². The fourth-order valence-electron chi connectivity index (χ4n) is 6.71. The Labute approximate surface area is 233 Å². The first-order chi connectivity index (χ1) is 19.3. The number of ketones is 4. The highest BCUT2D eigenvalue weighted by Crippen LogP contribution is 2.51. The topological polar surface area (TPSA) is 198 Å². The van der Waals surface area contributed by atoms with Crippen molar-refractivity contribution >= 4 is 46.9 Å². The van der Waals surface area contributed by atoms with E-state index in [0.29, 0.717) is 16.7 Å². The maximum atomic E-state index is 13.9. The minimum Gasteiger partial charge on any atom is -0.507 e. The number of amides is 1. The molecule has 0 heterocycles. The largest absolute Gasteiger partial charge is 0.507 e. The smallest absolute Gasteiger partial charge is 0.270 e. The van der Waals surface area contributed by atoms with Crippen LogP contribution >= 0.6 is 0 Å². The molecule has 0 aliphatic heterocycles. The minimum atomic E-state index is -2.79. The van der Waals surface area contributed by atoms with E-state index in [0.717, 1.165) is 0 Å². The van der Waals surface area contributed by atoms with Crippen molar-refractivity contribution in [3.8, 4) is 5.75 Å². The molecule has 212 valence electrons. The predicted octanol–water partition coefficient (Wildman–Crippen LogP) is 0.946. The number of benzene rings is 2. The summed E-state index contributed by atoms with van der Waals surface area (Å²) in [6, 6.07) is 7.60. The Morgan fingerprint density at radius 3 is 2.46 bits per heavy atom. The van der Waals surface area contributed by atoms with Gasteiger partial charge in [0.25, 0.3) is 5.69 Å². The molecule has 0 spiro atoms. The van der Waals surface area contributed by atoms with Gasteiger partial charge in [-0.25, -0.2) is 0 Å². The van der Waals surface area contributed by atoms with Gasteiger partial charge in [0.15, 0.2) is 34.7 Å². The monoisotopic (exact) mass is 561 g/mol. The zero-order valence-electron chi connectivity index (χ0n) is 22.1. The van der Waals surface area contributed by atoms with Crippen molar-refractivity contribution in [3.63, 3.8) is 0 Å². The van der Waals surface area contributed by atoms with Crippen molar-refractivity contribution in [2.24, 2.45) is 29.4 Å². The number of nitrogens with zero attached hydrogens (tertiary/aromatic N) is 2. The van der Waals surface area contributed by atoms with Crippen LogP contribution in [0.1, 0.15) is 33.5 Å². The molecule has 41 heavy (non-hydrogen) atoms. The maximum absolute atomic E-state index is 13.9. The molecule has 0 bridgehead atoms. The lowest BCUT2D eigenvalue weighted by Gasteiger charge is -2.52. The van der Waals surface area contributed by atoms with Crippen molar-refractivity contribution in [3.05, 3.63) is 68.8 Å². The second-order valence-electron chi connectivity index (χ2n) is 11.0. The lowest BCUT2D eigenvalue weighted by Crippen LogP contribution is -2.74. The summed E-state index contributed by atoms with van der Waals surface area (Å²) in [4.78, 5) is 78.3. The normalized spacial score (nSPS) is 29.3. The molecule has 6 atom stereocenters. The number of nitro benzene ring substituents is 1. The van der Waals surface area contributed by atoms with Gasteiger partial charge in [-0.2, -0.15) is 0 Å². The molecule has 2 aromatic carbocycles. The van der Waals surface area contributed by atoms with E-state index in [2.05, 4.69) is 0 Å². The molecule has 0 radical (unpaired) electrons. The Kier molecular flexibility index (Phi) is 6.71. The van der Waals surface area contributed by atoms with E-state index in [1.54, 1.807) is 24.3 Å². The van der Waals surface area contributed by atoms with Crippen LogP contribution < -0.4 is 5.73 Å². The highest BCUT2D eigenvalue weighted by molar-refractivity contribution is 6.32. The zero-order valence-corrected chi connectivity index (χ0v) is 22.1. The Morgan fingerprint density at radius 2 is 1.83 bits per heavy atom. The van der Waals surface area contributed by atoms with E-state index in [1.165, 1.54) is 43.3 Å². The quantitative estimate of drug-likeness (QED) is 0.204. The number of phenolic OH excluding ortho intramolecular Hbond substituents is 1. The van der Waals surface area contributed by atoms with Crippen molar-refractivity contribution in [1.29, 1.82) is 0 Å². The maximum Gasteiger partial charge on any atom is 0.270 e. The number of Topliss-reactive ketones (excluding diaryl/α,β-unsaturated/α-hetero) is 4. The number of nitrogens with two attached hydrogens (primary N) is 1. The first-order valence-corrected chi connectivity index (χ1v) is 12.9. The van der Waals surface area contributed by atoms with Gasteiger partial charge in [-0.3, -0.25) is 39.0 Å². The molecule has 3 aliphatic rings. The molecule has 4 N–H and O–H groups in total. The van der Waals surface area contributed by atoms with E-state index in [-0.39, 0.29) is 29.8 Å². The second kappa shape index (κ2) is 9.82. The lowest BCUT2D eigenvalue weighted by atomic mass is 9.52. The number of fused-ring (bicyclic) bond motifs is 3. The molecular formula is C29H27N3O9. The van der Waals surface area contributed by atoms with Crippen LogP contribution in [0.3, 0.4) is 0 Å². The van der Waals surface area contributed by atoms with E-state index in [4.69, 9.17) is 5.73 Å². The highest BCUT2D eigenvalue weighted by Gasteiger charge is 2.69. The van der Waals surface area contributed by atoms with Crippen molar-refractivity contribution in [2.75, 3.05) is 14.1 Å². The molecule has 2 saturated carbocycles. The number of aliphatic hydroxyl groups is 1. The summed E-state index contributed by atoms with van der Waals surface area (Å²) < 4.78 is 0. The number of carbonyl (C=O) groups is 5. The molecule has 1 amide bonds. The average Bonchev–Trinajstić information content (AvgIpc) is 2.90. The SMILES string of the molecule is CN(C)[C@@H]1C(=O)C(C(N)=O)C(=O)[C@@]2(O)C(=O)C3C(=O)c4c(O)ccc(/C=C/c5cccc([N+](=O)[O-])c5)c4C[C@H]3C[C@@H]12. The third-order valence-electron chi connectivity index (χ3n) is 8.52. The number of aromatic hydroxyl groups is 1. The summed E-state index contributed by atoms with van der Waals surface area (Å²) in [7, 11) is 3.03. The molecule has 2 unspecified atom stereocenters. The number of hydrogen-bond donors (Lipinski definition) is 3. The number of non-ortho nitro benzene ring substituents is 1. The van der Waals surface area contributed by atoms with E-state index in [9.17, 15) is 44.3 Å². The summed E-state index contributed by atoms with van der Waals surface area (Å²) in [6.45, 7) is 0. The van der Waals surface area contributed by atoms with Gasteiger partial charge in [0, 0.05) is 18.1 Å². The first kappa shape index (κ1) is 28.0. The van der Waals surface area contributed by atoms with Crippen LogP contribution in [-0.4, -0.2) is 74.8 Å². The Morgan fingerprint density at radius 1 is 1.12 bits per heavy atom. The van der Waals surface area contributed by atoms with E-state index >= 15 is 0 Å². The third kappa shape index (κ3) is 4.18. The number of nitro groups is 1. The molecule has 0 aromatic heterocycles. The minimum absolute atomic E-state index is 0.0619. The van der Waals surface area contributed by atoms with Gasteiger partial charge in [-0.15, -0.1) is 0 Å². The molecule has 0 saturated heterocycles. The summed E-state index contributed by atoms with van der Waals surface area (Å²) in [5, 5.41) is 33.4. The Hall–Kier alpha value is -4.55. The third-order valence-corrected chi connectivity index (χ3v) is 8.52. The molecule has 2 fully saturated rings. The second-order valence-corrected chi connectivity index (χ2v) is 11.0. The molecule has 2 aromatic rings. The van der Waals surface area contributed by atoms with E-state index < -0.39 is 69.3 Å². The summed E-state index contributed by atoms with van der Waals surface area (Å²) >= 11 is 0. The summed E-state index contributed by atoms with van der Waals surface area (Å²) in [5.41, 5.74) is 3.80. The predicted molar refractivity (Wildman–Crippen MR) is 143 cm³/mol. The van der Waals surface area contributed by atoms with Gasteiger partial charge >= 0.3 is 0 Å². The van der Waals surface area contributed by atoms with Crippen LogP contribution in [0.25, 0.3) is 12.2 Å². The van der Waals surface area contributed by atoms with Gasteiger partial charge in [0.05, 0.1) is 22.4 Å². The first-order valence-electron chi connectivity index (χ1n) is 12.9. The standard InChI is InChI=1S/C29H27N3O9/c1-31(2)23-18-12-15-11-17-14(7-6-13-4-3-5-16(10-13)32(40)41)8-9-19(33)21(17)24(34)20(15)26(36)29(18,39)27(37)22(25(23)35)28(30)38/h3-10,15,18,20,22-23,33,39H,11-12H2,1-2H3,(H2,30,38)/b7-6+/t15-,18-,20?,22?,23-,29-/m0/s1. The number of likely N-dealkylation sites (N-methyl/N-ethyl adjacent to an activating group) is 1. The van der Waals surface area contributed by atoms with Crippen LogP contribution in [0.15, 0.2) is 36.4 Å². The van der Waals surface area contributed by atoms with Crippen LogP contribution in [0.5, 0.6) is 5.75 Å².